The highest BCUT2D eigenvalue weighted by Gasteiger charge is 2.11. The lowest BCUT2D eigenvalue weighted by Gasteiger charge is -2.24. The molecule has 0 atom stereocenters. The van der Waals surface area contributed by atoms with Crippen LogP contribution in [0.25, 0.3) is 0 Å². The van der Waals surface area contributed by atoms with Gasteiger partial charge in [-0.1, -0.05) is 36.5 Å². The molecule has 0 aliphatic rings. The summed E-state index contributed by atoms with van der Waals surface area (Å²) in [4.78, 5) is 7.12. The zero-order valence-corrected chi connectivity index (χ0v) is 12.8. The van der Waals surface area contributed by atoms with Crippen LogP contribution in [0.4, 0.5) is 11.5 Å². The van der Waals surface area contributed by atoms with E-state index >= 15 is 0 Å². The highest BCUT2D eigenvalue weighted by molar-refractivity contribution is 7.80. The van der Waals surface area contributed by atoms with Gasteiger partial charge in [0.1, 0.15) is 5.82 Å². The van der Waals surface area contributed by atoms with Crippen molar-refractivity contribution < 1.29 is 4.74 Å². The standard InChI is InChI=1S/C16H19N3OS/c1-2-20-16-10-6-9-15(18-16)19(12-11-14(17)21)13-7-4-3-5-8-13/h3-10H,2,11-12H2,1H3,(H2,17,21). The number of ether oxygens (including phenoxy) is 1. The minimum atomic E-state index is 0.497. The summed E-state index contributed by atoms with van der Waals surface area (Å²) in [6, 6.07) is 15.8. The molecule has 0 aliphatic heterocycles. The Labute approximate surface area is 130 Å². The van der Waals surface area contributed by atoms with Gasteiger partial charge in [0.05, 0.1) is 11.6 Å². The number of nitrogens with two attached hydrogens (primary N) is 1. The van der Waals surface area contributed by atoms with Crippen LogP contribution in [0.15, 0.2) is 48.5 Å². The van der Waals surface area contributed by atoms with E-state index in [0.29, 0.717) is 30.4 Å². The Balaban J connectivity index is 2.30. The molecule has 0 unspecified atom stereocenters. The summed E-state index contributed by atoms with van der Waals surface area (Å²) in [7, 11) is 0. The van der Waals surface area contributed by atoms with Gasteiger partial charge in [0.2, 0.25) is 5.88 Å². The van der Waals surface area contributed by atoms with Crippen LogP contribution < -0.4 is 15.4 Å². The molecule has 110 valence electrons. The fourth-order valence-electron chi connectivity index (χ4n) is 1.99. The van der Waals surface area contributed by atoms with E-state index in [9.17, 15) is 0 Å². The van der Waals surface area contributed by atoms with E-state index in [0.717, 1.165) is 11.5 Å². The lowest BCUT2D eigenvalue weighted by atomic mass is 10.2. The monoisotopic (exact) mass is 301 g/mol. The summed E-state index contributed by atoms with van der Waals surface area (Å²) < 4.78 is 5.47. The number of thiocarbonyl (C=S) groups is 1. The van der Waals surface area contributed by atoms with Crippen molar-refractivity contribution >= 4 is 28.7 Å². The molecule has 0 radical (unpaired) electrons. The Bertz CT molecular complexity index is 589. The van der Waals surface area contributed by atoms with Crippen molar-refractivity contribution in [2.24, 2.45) is 5.73 Å². The van der Waals surface area contributed by atoms with E-state index in [1.54, 1.807) is 0 Å². The van der Waals surface area contributed by atoms with Gasteiger partial charge in [-0.2, -0.15) is 4.98 Å². The van der Waals surface area contributed by atoms with Crippen molar-refractivity contribution in [2.75, 3.05) is 18.1 Å². The van der Waals surface area contributed by atoms with E-state index in [1.807, 2.05) is 55.5 Å². The lowest BCUT2D eigenvalue weighted by molar-refractivity contribution is 0.327. The Kier molecular flexibility index (Phi) is 5.51. The first-order valence-corrected chi connectivity index (χ1v) is 7.32. The van der Waals surface area contributed by atoms with Crippen molar-refractivity contribution in [1.29, 1.82) is 0 Å². The molecule has 5 heteroatoms. The van der Waals surface area contributed by atoms with Gasteiger partial charge < -0.3 is 15.4 Å². The van der Waals surface area contributed by atoms with Gasteiger partial charge in [-0.3, -0.25) is 0 Å². The number of aromatic nitrogens is 1. The third-order valence-electron chi connectivity index (χ3n) is 2.93. The second-order valence-electron chi connectivity index (χ2n) is 4.47. The van der Waals surface area contributed by atoms with Gasteiger partial charge in [0.25, 0.3) is 0 Å². The minimum Gasteiger partial charge on any atom is -0.478 e. The summed E-state index contributed by atoms with van der Waals surface area (Å²) in [6.07, 6.45) is 0.630. The normalized spacial score (nSPS) is 10.1. The summed E-state index contributed by atoms with van der Waals surface area (Å²) in [5.74, 6) is 1.44. The third-order valence-corrected chi connectivity index (χ3v) is 3.13. The topological polar surface area (TPSA) is 51.4 Å². The SMILES string of the molecule is CCOc1cccc(N(CCC(N)=S)c2ccccc2)n1. The third kappa shape index (κ3) is 4.43. The van der Waals surface area contributed by atoms with Gasteiger partial charge in [0, 0.05) is 24.7 Å². The maximum absolute atomic E-state index is 5.63. The van der Waals surface area contributed by atoms with Crippen LogP contribution >= 0.6 is 12.2 Å². The molecule has 0 aliphatic carbocycles. The molecule has 1 aromatic carbocycles. The molecule has 1 heterocycles. The largest absolute Gasteiger partial charge is 0.478 e. The number of para-hydroxylation sites is 1. The number of hydrogen-bond acceptors (Lipinski definition) is 4. The predicted molar refractivity (Wildman–Crippen MR) is 90.3 cm³/mol. The average Bonchev–Trinajstić information content (AvgIpc) is 2.49. The van der Waals surface area contributed by atoms with Crippen LogP contribution in [0, 0.1) is 0 Å². The molecule has 0 spiro atoms. The van der Waals surface area contributed by atoms with Crippen molar-refractivity contribution in [3.8, 4) is 5.88 Å². The predicted octanol–water partition coefficient (Wildman–Crippen LogP) is 3.29. The van der Waals surface area contributed by atoms with Crippen LogP contribution in [-0.2, 0) is 0 Å². The van der Waals surface area contributed by atoms with Crippen LogP contribution in [0.2, 0.25) is 0 Å². The van der Waals surface area contributed by atoms with Gasteiger partial charge in [-0.05, 0) is 25.1 Å². The van der Waals surface area contributed by atoms with Crippen LogP contribution in [0.5, 0.6) is 5.88 Å². The molecule has 2 rings (SSSR count). The van der Waals surface area contributed by atoms with Gasteiger partial charge in [-0.15, -0.1) is 0 Å². The molecule has 0 saturated carbocycles. The van der Waals surface area contributed by atoms with E-state index < -0.39 is 0 Å². The number of anilines is 2. The molecule has 21 heavy (non-hydrogen) atoms. The summed E-state index contributed by atoms with van der Waals surface area (Å²) in [5, 5.41) is 0. The maximum Gasteiger partial charge on any atom is 0.215 e. The van der Waals surface area contributed by atoms with Crippen LogP contribution in [0.1, 0.15) is 13.3 Å². The summed E-state index contributed by atoms with van der Waals surface area (Å²) in [5.41, 5.74) is 6.69. The first-order valence-electron chi connectivity index (χ1n) is 6.91. The lowest BCUT2D eigenvalue weighted by Crippen LogP contribution is -2.23. The van der Waals surface area contributed by atoms with E-state index in [2.05, 4.69) is 9.88 Å². The molecule has 0 bridgehead atoms. The number of hydrogen-bond donors (Lipinski definition) is 1. The molecule has 1 aromatic heterocycles. The van der Waals surface area contributed by atoms with Crippen molar-refractivity contribution in [3.05, 3.63) is 48.5 Å². The molecule has 4 nitrogen and oxygen atoms in total. The Morgan fingerprint density at radius 2 is 1.95 bits per heavy atom. The number of pyridine rings is 1. The molecular formula is C16H19N3OS. The van der Waals surface area contributed by atoms with Crippen molar-refractivity contribution in [3.63, 3.8) is 0 Å². The zero-order chi connectivity index (χ0) is 15.1. The van der Waals surface area contributed by atoms with Crippen molar-refractivity contribution in [1.82, 2.24) is 4.98 Å². The summed E-state index contributed by atoms with van der Waals surface area (Å²) >= 11 is 4.99. The smallest absolute Gasteiger partial charge is 0.215 e. The first kappa shape index (κ1) is 15.3. The second-order valence-corrected chi connectivity index (χ2v) is 4.99. The zero-order valence-electron chi connectivity index (χ0n) is 12.0. The van der Waals surface area contributed by atoms with E-state index in [1.165, 1.54) is 0 Å². The minimum absolute atomic E-state index is 0.497. The molecule has 0 fully saturated rings. The number of rotatable bonds is 7. The molecule has 2 aromatic rings. The Morgan fingerprint density at radius 1 is 1.19 bits per heavy atom. The highest BCUT2D eigenvalue weighted by atomic mass is 32.1. The van der Waals surface area contributed by atoms with Crippen LogP contribution in [0.3, 0.4) is 0 Å². The quantitative estimate of drug-likeness (QED) is 0.795. The van der Waals surface area contributed by atoms with E-state index in [4.69, 9.17) is 22.7 Å². The van der Waals surface area contributed by atoms with Gasteiger partial charge >= 0.3 is 0 Å². The molecular weight excluding hydrogens is 282 g/mol. The maximum atomic E-state index is 5.63. The fourth-order valence-corrected chi connectivity index (χ4v) is 2.08. The molecule has 2 N–H and O–H groups in total. The molecule has 0 saturated heterocycles. The Morgan fingerprint density at radius 3 is 2.62 bits per heavy atom. The summed E-state index contributed by atoms with van der Waals surface area (Å²) in [6.45, 7) is 3.22. The number of benzene rings is 1. The second kappa shape index (κ2) is 7.59. The van der Waals surface area contributed by atoms with E-state index in [-0.39, 0.29) is 0 Å². The number of nitrogens with zero attached hydrogens (tertiary/aromatic N) is 2. The van der Waals surface area contributed by atoms with Crippen molar-refractivity contribution in [2.45, 2.75) is 13.3 Å². The Hall–Kier alpha value is -2.14. The highest BCUT2D eigenvalue weighted by Crippen LogP contribution is 2.25. The molecule has 0 amide bonds. The first-order chi connectivity index (χ1) is 10.2. The average molecular weight is 301 g/mol. The van der Waals surface area contributed by atoms with Gasteiger partial charge in [-0.25, -0.2) is 0 Å². The fraction of sp³-hybridized carbons (Fsp3) is 0.250. The van der Waals surface area contributed by atoms with Crippen LogP contribution in [-0.4, -0.2) is 23.1 Å². The van der Waals surface area contributed by atoms with Gasteiger partial charge in [0.15, 0.2) is 0 Å².